The number of hydrogen-bond acceptors (Lipinski definition) is 5. The Hall–Kier alpha value is -1.64. The Morgan fingerprint density at radius 3 is 2.14 bits per heavy atom. The lowest BCUT2D eigenvalue weighted by Gasteiger charge is -2.41. The zero-order valence-electron chi connectivity index (χ0n) is 17.0. The second-order valence-electron chi connectivity index (χ2n) is 7.79. The van der Waals surface area contributed by atoms with Gasteiger partial charge in [0.25, 0.3) is 0 Å². The van der Waals surface area contributed by atoms with Crippen molar-refractivity contribution >= 4 is 15.9 Å². The number of methoxy groups -OCH3 is 1. The van der Waals surface area contributed by atoms with Gasteiger partial charge in [-0.1, -0.05) is 0 Å². The first-order valence-electron chi connectivity index (χ1n) is 10.0. The summed E-state index contributed by atoms with van der Waals surface area (Å²) >= 11 is 0. The van der Waals surface area contributed by atoms with E-state index >= 15 is 0 Å². The lowest BCUT2D eigenvalue weighted by molar-refractivity contribution is -0.138. The number of nitrogens with zero attached hydrogens (tertiary/aromatic N) is 3. The summed E-state index contributed by atoms with van der Waals surface area (Å²) in [7, 11) is -1.97. The molecule has 1 aromatic carbocycles. The molecule has 2 atom stereocenters. The molecule has 0 N–H and O–H groups in total. The normalized spacial score (nSPS) is 24.9. The molecule has 0 bridgehead atoms. The van der Waals surface area contributed by atoms with Crippen molar-refractivity contribution in [3.8, 4) is 5.75 Å². The number of hydrogen-bond donors (Lipinski definition) is 0. The van der Waals surface area contributed by atoms with Crippen molar-refractivity contribution < 1.29 is 17.9 Å². The van der Waals surface area contributed by atoms with E-state index in [0.717, 1.165) is 12.8 Å². The Morgan fingerprint density at radius 1 is 1.04 bits per heavy atom. The highest BCUT2D eigenvalue weighted by Crippen LogP contribution is 2.24. The molecule has 1 aromatic rings. The first-order valence-corrected chi connectivity index (χ1v) is 11.4. The Labute approximate surface area is 168 Å². The number of benzene rings is 1. The van der Waals surface area contributed by atoms with Gasteiger partial charge in [0.15, 0.2) is 0 Å². The summed E-state index contributed by atoms with van der Waals surface area (Å²) in [5.74, 6) is 0.787. The van der Waals surface area contributed by atoms with Crippen LogP contribution in [-0.2, 0) is 14.8 Å². The van der Waals surface area contributed by atoms with Crippen LogP contribution in [0.5, 0.6) is 5.75 Å². The topological polar surface area (TPSA) is 70.2 Å². The third-order valence-corrected chi connectivity index (χ3v) is 7.78. The van der Waals surface area contributed by atoms with Gasteiger partial charge in [-0.2, -0.15) is 4.31 Å². The van der Waals surface area contributed by atoms with E-state index in [1.54, 1.807) is 31.4 Å². The average Bonchev–Trinajstić information content (AvgIpc) is 2.68. The van der Waals surface area contributed by atoms with Crippen molar-refractivity contribution in [1.82, 2.24) is 14.1 Å². The van der Waals surface area contributed by atoms with Crippen LogP contribution in [0.1, 0.15) is 33.1 Å². The van der Waals surface area contributed by atoms with Crippen molar-refractivity contribution in [3.05, 3.63) is 24.3 Å². The molecule has 0 unspecified atom stereocenters. The maximum atomic E-state index is 12.8. The summed E-state index contributed by atoms with van der Waals surface area (Å²) < 4.78 is 32.3. The predicted octanol–water partition coefficient (Wildman–Crippen LogP) is 1.79. The van der Waals surface area contributed by atoms with E-state index in [0.29, 0.717) is 38.5 Å². The highest BCUT2D eigenvalue weighted by Gasteiger charge is 2.32. The third kappa shape index (κ3) is 4.50. The number of ether oxygens (including phenoxy) is 1. The lowest BCUT2D eigenvalue weighted by atomic mass is 9.97. The van der Waals surface area contributed by atoms with Crippen LogP contribution in [0.15, 0.2) is 29.2 Å². The van der Waals surface area contributed by atoms with Gasteiger partial charge in [-0.05, 0) is 57.4 Å². The zero-order chi connectivity index (χ0) is 20.3. The molecule has 0 spiro atoms. The number of carbonyl (C=O) groups excluding carboxylic acids is 1. The average molecular weight is 410 g/mol. The van der Waals surface area contributed by atoms with Gasteiger partial charge in [-0.3, -0.25) is 9.69 Å². The lowest BCUT2D eigenvalue weighted by Crippen LogP contribution is -2.54. The Morgan fingerprint density at radius 2 is 1.61 bits per heavy atom. The summed E-state index contributed by atoms with van der Waals surface area (Å²) in [4.78, 5) is 17.1. The molecule has 7 nitrogen and oxygen atoms in total. The third-order valence-electron chi connectivity index (χ3n) is 5.87. The van der Waals surface area contributed by atoms with Gasteiger partial charge in [0.05, 0.1) is 18.6 Å². The molecule has 0 saturated carbocycles. The smallest absolute Gasteiger partial charge is 0.243 e. The van der Waals surface area contributed by atoms with Gasteiger partial charge >= 0.3 is 0 Å². The highest BCUT2D eigenvalue weighted by molar-refractivity contribution is 7.89. The molecule has 2 aliphatic rings. The minimum absolute atomic E-state index is 0.158. The molecule has 3 rings (SSSR count). The fourth-order valence-electron chi connectivity index (χ4n) is 4.21. The molecule has 2 aliphatic heterocycles. The number of piperidine rings is 1. The Bertz CT molecular complexity index is 763. The largest absolute Gasteiger partial charge is 0.497 e. The minimum Gasteiger partial charge on any atom is -0.497 e. The summed E-state index contributed by atoms with van der Waals surface area (Å²) in [6.45, 7) is 6.53. The van der Waals surface area contributed by atoms with E-state index in [1.807, 2.05) is 4.90 Å². The second-order valence-corrected chi connectivity index (χ2v) is 9.72. The van der Waals surface area contributed by atoms with Crippen LogP contribution in [0.3, 0.4) is 0 Å². The number of sulfonamides is 1. The van der Waals surface area contributed by atoms with Crippen molar-refractivity contribution in [2.75, 3.05) is 39.8 Å². The number of amides is 1. The predicted molar refractivity (Wildman–Crippen MR) is 108 cm³/mol. The van der Waals surface area contributed by atoms with Gasteiger partial charge < -0.3 is 9.64 Å². The van der Waals surface area contributed by atoms with Crippen LogP contribution < -0.4 is 4.74 Å². The van der Waals surface area contributed by atoms with Gasteiger partial charge in [0, 0.05) is 38.3 Å². The fourth-order valence-corrected chi connectivity index (χ4v) is 5.63. The zero-order valence-corrected chi connectivity index (χ0v) is 17.8. The highest BCUT2D eigenvalue weighted by atomic mass is 32.2. The van der Waals surface area contributed by atoms with Crippen LogP contribution in [0.2, 0.25) is 0 Å². The SMILES string of the molecule is COc1ccc(S(=O)(=O)N2CCN(CC(=O)N3[C@@H](C)CCC[C@@H]3C)CC2)cc1. The van der Waals surface area contributed by atoms with Gasteiger partial charge in [-0.15, -0.1) is 0 Å². The molecule has 1 amide bonds. The van der Waals surface area contributed by atoms with E-state index < -0.39 is 10.0 Å². The minimum atomic E-state index is -3.52. The summed E-state index contributed by atoms with van der Waals surface area (Å²) in [6.07, 6.45) is 3.29. The van der Waals surface area contributed by atoms with E-state index in [-0.39, 0.29) is 22.9 Å². The van der Waals surface area contributed by atoms with Crippen molar-refractivity contribution in [2.24, 2.45) is 0 Å². The molecule has 156 valence electrons. The molecule has 2 fully saturated rings. The van der Waals surface area contributed by atoms with Crippen LogP contribution >= 0.6 is 0 Å². The molecular weight excluding hydrogens is 378 g/mol. The summed E-state index contributed by atoms with van der Waals surface area (Å²) in [5, 5.41) is 0. The molecule has 0 aromatic heterocycles. The first kappa shape index (κ1) is 21.1. The maximum absolute atomic E-state index is 12.8. The van der Waals surface area contributed by atoms with Crippen LogP contribution in [0.4, 0.5) is 0 Å². The Kier molecular flexibility index (Phi) is 6.62. The fraction of sp³-hybridized carbons (Fsp3) is 0.650. The van der Waals surface area contributed by atoms with Crippen molar-refractivity contribution in [1.29, 1.82) is 0 Å². The molecular formula is C20H31N3O4S. The van der Waals surface area contributed by atoms with Crippen molar-refractivity contribution in [2.45, 2.75) is 50.1 Å². The standard InChI is InChI=1S/C20H31N3O4S/c1-16-5-4-6-17(2)23(16)20(24)15-21-11-13-22(14-12-21)28(25,26)19-9-7-18(27-3)8-10-19/h7-10,16-17H,4-6,11-15H2,1-3H3/t16-,17-/m0/s1. The quantitative estimate of drug-likeness (QED) is 0.742. The molecule has 28 heavy (non-hydrogen) atoms. The summed E-state index contributed by atoms with van der Waals surface area (Å²) in [5.41, 5.74) is 0. The van der Waals surface area contributed by atoms with Crippen LogP contribution in [0, 0.1) is 0 Å². The molecule has 0 aliphatic carbocycles. The summed E-state index contributed by atoms with van der Waals surface area (Å²) in [6, 6.07) is 7.03. The maximum Gasteiger partial charge on any atom is 0.243 e. The number of carbonyl (C=O) groups is 1. The Balaban J connectivity index is 1.57. The van der Waals surface area contributed by atoms with E-state index in [2.05, 4.69) is 18.7 Å². The number of rotatable bonds is 5. The first-order chi connectivity index (χ1) is 13.3. The van der Waals surface area contributed by atoms with Gasteiger partial charge in [0.2, 0.25) is 15.9 Å². The van der Waals surface area contributed by atoms with Crippen molar-refractivity contribution in [3.63, 3.8) is 0 Å². The second kappa shape index (κ2) is 8.80. The van der Waals surface area contributed by atoms with Gasteiger partial charge in [-0.25, -0.2) is 8.42 Å². The van der Waals surface area contributed by atoms with Crippen LogP contribution in [-0.4, -0.2) is 80.3 Å². The monoisotopic (exact) mass is 409 g/mol. The molecule has 2 heterocycles. The van der Waals surface area contributed by atoms with Gasteiger partial charge in [0.1, 0.15) is 5.75 Å². The van der Waals surface area contributed by atoms with E-state index in [9.17, 15) is 13.2 Å². The molecule has 0 radical (unpaired) electrons. The van der Waals surface area contributed by atoms with E-state index in [1.165, 1.54) is 10.7 Å². The molecule has 8 heteroatoms. The van der Waals surface area contributed by atoms with E-state index in [4.69, 9.17) is 4.74 Å². The number of likely N-dealkylation sites (tertiary alicyclic amines) is 1. The van der Waals surface area contributed by atoms with Crippen LogP contribution in [0.25, 0.3) is 0 Å². The number of piperazine rings is 1. The molecule has 2 saturated heterocycles.